The highest BCUT2D eigenvalue weighted by atomic mass is 32.2. The Morgan fingerprint density at radius 3 is 2.84 bits per heavy atom. The minimum atomic E-state index is 0.190. The predicted molar refractivity (Wildman–Crippen MR) is 99.9 cm³/mol. The van der Waals surface area contributed by atoms with Gasteiger partial charge in [0.25, 0.3) is 0 Å². The van der Waals surface area contributed by atoms with E-state index < -0.39 is 0 Å². The van der Waals surface area contributed by atoms with Gasteiger partial charge in [-0.15, -0.1) is 11.8 Å². The molecule has 0 aliphatic carbocycles. The third-order valence-corrected chi connectivity index (χ3v) is 6.47. The molecule has 0 radical (unpaired) electrons. The number of aryl methyl sites for hydroxylation is 1. The molecule has 5 heteroatoms. The van der Waals surface area contributed by atoms with Crippen molar-refractivity contribution in [2.24, 2.45) is 0 Å². The van der Waals surface area contributed by atoms with E-state index in [0.29, 0.717) is 6.42 Å². The van der Waals surface area contributed by atoms with E-state index in [0.717, 1.165) is 36.6 Å². The Labute approximate surface area is 152 Å². The van der Waals surface area contributed by atoms with E-state index in [-0.39, 0.29) is 16.8 Å². The van der Waals surface area contributed by atoms with Crippen LogP contribution in [0.1, 0.15) is 17.5 Å². The molecule has 2 aliphatic rings. The van der Waals surface area contributed by atoms with Crippen LogP contribution in [0.2, 0.25) is 0 Å². The number of nitrogens with zero attached hydrogens (tertiary/aromatic N) is 2. The highest BCUT2D eigenvalue weighted by Crippen LogP contribution is 2.46. The van der Waals surface area contributed by atoms with Crippen LogP contribution in [0.3, 0.4) is 0 Å². The fraction of sp³-hybridized carbons (Fsp3) is 0.400. The van der Waals surface area contributed by atoms with Crippen LogP contribution >= 0.6 is 11.8 Å². The molecule has 0 N–H and O–H groups in total. The summed E-state index contributed by atoms with van der Waals surface area (Å²) in [6.45, 7) is 3.75. The molecule has 1 amide bonds. The van der Waals surface area contributed by atoms with E-state index in [9.17, 15) is 4.79 Å². The Morgan fingerprint density at radius 2 is 2.12 bits per heavy atom. The molecule has 1 spiro atoms. The summed E-state index contributed by atoms with van der Waals surface area (Å²) in [4.78, 5) is 18.5. The maximum absolute atomic E-state index is 12.5. The monoisotopic (exact) mass is 354 g/mol. The van der Waals surface area contributed by atoms with Crippen molar-refractivity contribution in [3.05, 3.63) is 59.9 Å². The van der Waals surface area contributed by atoms with Crippen molar-refractivity contribution in [2.75, 3.05) is 18.8 Å². The highest BCUT2D eigenvalue weighted by molar-refractivity contribution is 8.01. The average Bonchev–Trinajstić information content (AvgIpc) is 3.01. The average molecular weight is 354 g/mol. The van der Waals surface area contributed by atoms with E-state index in [1.165, 1.54) is 5.56 Å². The molecular formula is C20H22N2O2S. The molecule has 1 aromatic carbocycles. The number of hydrogen-bond acceptors (Lipinski definition) is 4. The van der Waals surface area contributed by atoms with Gasteiger partial charge in [-0.25, -0.2) is 0 Å². The van der Waals surface area contributed by atoms with Gasteiger partial charge in [-0.1, -0.05) is 29.8 Å². The van der Waals surface area contributed by atoms with Crippen LogP contribution in [-0.4, -0.2) is 45.5 Å². The van der Waals surface area contributed by atoms with Crippen molar-refractivity contribution in [1.29, 1.82) is 0 Å². The minimum absolute atomic E-state index is 0.190. The van der Waals surface area contributed by atoms with Gasteiger partial charge < -0.3 is 9.64 Å². The smallest absolute Gasteiger partial charge is 0.227 e. The number of hydrogen-bond donors (Lipinski definition) is 0. The number of carbonyl (C=O) groups is 1. The number of thioether (sulfide) groups is 1. The summed E-state index contributed by atoms with van der Waals surface area (Å²) in [6.07, 6.45) is 5.22. The summed E-state index contributed by atoms with van der Waals surface area (Å²) < 4.78 is 6.21. The highest BCUT2D eigenvalue weighted by Gasteiger charge is 2.51. The van der Waals surface area contributed by atoms with E-state index in [4.69, 9.17) is 4.74 Å². The zero-order chi connectivity index (χ0) is 17.3. The van der Waals surface area contributed by atoms with Gasteiger partial charge in [0.05, 0.1) is 17.4 Å². The van der Waals surface area contributed by atoms with Gasteiger partial charge in [0.1, 0.15) is 11.9 Å². The van der Waals surface area contributed by atoms with Gasteiger partial charge >= 0.3 is 0 Å². The first-order valence-corrected chi connectivity index (χ1v) is 9.64. The summed E-state index contributed by atoms with van der Waals surface area (Å²) >= 11 is 1.95. The summed E-state index contributed by atoms with van der Waals surface area (Å²) in [7, 11) is 0. The fourth-order valence-corrected chi connectivity index (χ4v) is 5.05. The topological polar surface area (TPSA) is 42.4 Å². The fourth-order valence-electron chi connectivity index (χ4n) is 3.53. The SMILES string of the molecule is Cc1ccc(CC(=O)N2CC3(C[C@H](Oc4cccnc4)CS3)C2)cc1. The lowest BCUT2D eigenvalue weighted by Gasteiger charge is -2.47. The van der Waals surface area contributed by atoms with E-state index in [2.05, 4.69) is 24.0 Å². The van der Waals surface area contributed by atoms with Gasteiger partial charge in [-0.05, 0) is 24.6 Å². The first kappa shape index (κ1) is 16.5. The molecule has 2 saturated heterocycles. The number of amides is 1. The van der Waals surface area contributed by atoms with Gasteiger partial charge in [0.15, 0.2) is 0 Å². The molecule has 4 rings (SSSR count). The Hall–Kier alpha value is -2.01. The zero-order valence-electron chi connectivity index (χ0n) is 14.4. The number of aromatic nitrogens is 1. The molecule has 1 atom stereocenters. The Bertz CT molecular complexity index is 742. The molecule has 2 fully saturated rings. The first-order valence-electron chi connectivity index (χ1n) is 8.66. The summed E-state index contributed by atoms with van der Waals surface area (Å²) in [5.41, 5.74) is 2.31. The van der Waals surface area contributed by atoms with Gasteiger partial charge in [-0.2, -0.15) is 0 Å². The molecule has 3 heterocycles. The minimum Gasteiger partial charge on any atom is -0.488 e. The van der Waals surface area contributed by atoms with E-state index in [1.54, 1.807) is 12.4 Å². The first-order chi connectivity index (χ1) is 12.1. The van der Waals surface area contributed by atoms with Crippen LogP contribution < -0.4 is 4.74 Å². The van der Waals surface area contributed by atoms with Crippen molar-refractivity contribution in [1.82, 2.24) is 9.88 Å². The van der Waals surface area contributed by atoms with Crippen molar-refractivity contribution in [2.45, 2.75) is 30.6 Å². The van der Waals surface area contributed by atoms with Gasteiger partial charge in [-0.3, -0.25) is 9.78 Å². The normalized spacial score (nSPS) is 21.2. The predicted octanol–water partition coefficient (Wildman–Crippen LogP) is 3.10. The second-order valence-corrected chi connectivity index (χ2v) is 8.53. The van der Waals surface area contributed by atoms with Crippen molar-refractivity contribution in [3.63, 3.8) is 0 Å². The number of benzene rings is 1. The van der Waals surface area contributed by atoms with E-state index in [1.807, 2.05) is 40.9 Å². The number of likely N-dealkylation sites (tertiary alicyclic amines) is 1. The second-order valence-electron chi connectivity index (χ2n) is 7.04. The van der Waals surface area contributed by atoms with Crippen molar-refractivity contribution < 1.29 is 9.53 Å². The number of ether oxygens (including phenoxy) is 1. The lowest BCUT2D eigenvalue weighted by atomic mass is 9.92. The Morgan fingerprint density at radius 1 is 1.32 bits per heavy atom. The van der Waals surface area contributed by atoms with Crippen LogP contribution in [0.4, 0.5) is 0 Å². The summed E-state index contributed by atoms with van der Waals surface area (Å²) in [5, 5.41) is 0. The number of carbonyl (C=O) groups excluding carboxylic acids is 1. The lowest BCUT2D eigenvalue weighted by molar-refractivity contribution is -0.135. The molecule has 1 aromatic heterocycles. The van der Waals surface area contributed by atoms with Crippen molar-refractivity contribution >= 4 is 17.7 Å². The van der Waals surface area contributed by atoms with Crippen LogP contribution in [-0.2, 0) is 11.2 Å². The Balaban J connectivity index is 1.28. The van der Waals surface area contributed by atoms with Gasteiger partial charge in [0, 0.05) is 31.5 Å². The quantitative estimate of drug-likeness (QED) is 0.846. The molecule has 25 heavy (non-hydrogen) atoms. The molecule has 0 unspecified atom stereocenters. The number of rotatable bonds is 4. The third-order valence-electron chi connectivity index (χ3n) is 4.90. The summed E-state index contributed by atoms with van der Waals surface area (Å²) in [6, 6.07) is 12.1. The molecule has 2 aliphatic heterocycles. The molecule has 130 valence electrons. The molecule has 2 aromatic rings. The van der Waals surface area contributed by atoms with Crippen LogP contribution in [0.15, 0.2) is 48.8 Å². The third kappa shape index (κ3) is 3.66. The maximum Gasteiger partial charge on any atom is 0.227 e. The van der Waals surface area contributed by atoms with Crippen LogP contribution in [0.25, 0.3) is 0 Å². The Kier molecular flexibility index (Phi) is 4.42. The van der Waals surface area contributed by atoms with Crippen LogP contribution in [0.5, 0.6) is 5.75 Å². The summed E-state index contributed by atoms with van der Waals surface area (Å²) in [5.74, 6) is 2.04. The lowest BCUT2D eigenvalue weighted by Crippen LogP contribution is -2.61. The molecular weight excluding hydrogens is 332 g/mol. The van der Waals surface area contributed by atoms with Crippen molar-refractivity contribution in [3.8, 4) is 5.75 Å². The number of pyridine rings is 1. The van der Waals surface area contributed by atoms with Gasteiger partial charge in [0.2, 0.25) is 5.91 Å². The molecule has 0 bridgehead atoms. The van der Waals surface area contributed by atoms with Crippen LogP contribution in [0, 0.1) is 6.92 Å². The van der Waals surface area contributed by atoms with E-state index >= 15 is 0 Å². The standard InChI is InChI=1S/C20H22N2O2S/c1-15-4-6-16(7-5-15)9-19(23)22-13-20(14-22)10-18(12-25-20)24-17-3-2-8-21-11-17/h2-8,11,18H,9-10,12-14H2,1H3/t18-/m0/s1. The molecule has 0 saturated carbocycles. The molecule has 4 nitrogen and oxygen atoms in total. The largest absolute Gasteiger partial charge is 0.488 e. The maximum atomic E-state index is 12.5. The second kappa shape index (κ2) is 6.71. The zero-order valence-corrected chi connectivity index (χ0v) is 15.2.